The summed E-state index contributed by atoms with van der Waals surface area (Å²) < 4.78 is 18.5. The van der Waals surface area contributed by atoms with Gasteiger partial charge in [0.2, 0.25) is 5.91 Å². The first kappa shape index (κ1) is 14.3. The molecule has 0 bridgehead atoms. The van der Waals surface area contributed by atoms with E-state index < -0.39 is 0 Å². The molecule has 1 aromatic rings. The van der Waals surface area contributed by atoms with E-state index >= 15 is 0 Å². The van der Waals surface area contributed by atoms with Gasteiger partial charge in [0.05, 0.1) is 7.11 Å². The van der Waals surface area contributed by atoms with E-state index in [0.717, 1.165) is 44.5 Å². The Hall–Kier alpha value is -1.62. The van der Waals surface area contributed by atoms with E-state index in [-0.39, 0.29) is 17.3 Å². The van der Waals surface area contributed by atoms with Crippen LogP contribution in [0.3, 0.4) is 0 Å². The second kappa shape index (κ2) is 5.64. The molecule has 2 fully saturated rings. The Balaban J connectivity index is 1.62. The van der Waals surface area contributed by atoms with Crippen molar-refractivity contribution in [3.63, 3.8) is 0 Å². The fourth-order valence-electron chi connectivity index (χ4n) is 3.38. The van der Waals surface area contributed by atoms with Crippen LogP contribution >= 0.6 is 0 Å². The van der Waals surface area contributed by atoms with Crippen LogP contribution in [-0.4, -0.2) is 36.5 Å². The summed E-state index contributed by atoms with van der Waals surface area (Å²) in [4.78, 5) is 13.8. The van der Waals surface area contributed by atoms with E-state index in [9.17, 15) is 9.18 Å². The minimum Gasteiger partial charge on any atom is -0.496 e. The van der Waals surface area contributed by atoms with E-state index in [1.54, 1.807) is 13.2 Å². The number of rotatable bonds is 3. The molecule has 0 unspecified atom stereocenters. The minimum atomic E-state index is -0.276. The summed E-state index contributed by atoms with van der Waals surface area (Å²) in [6.45, 7) is 2.65. The van der Waals surface area contributed by atoms with E-state index in [2.05, 4.69) is 10.2 Å². The monoisotopic (exact) mass is 292 g/mol. The van der Waals surface area contributed by atoms with Gasteiger partial charge < -0.3 is 10.1 Å². The predicted octanol–water partition coefficient (Wildman–Crippen LogP) is 2.08. The lowest BCUT2D eigenvalue weighted by molar-refractivity contribution is -0.120. The van der Waals surface area contributed by atoms with Gasteiger partial charge in [-0.2, -0.15) is 0 Å². The predicted molar refractivity (Wildman–Crippen MR) is 77.6 cm³/mol. The molecule has 0 saturated carbocycles. The maximum Gasteiger partial charge on any atom is 0.220 e. The van der Waals surface area contributed by atoms with Crippen LogP contribution in [-0.2, 0) is 11.3 Å². The lowest BCUT2D eigenvalue weighted by Crippen LogP contribution is -2.50. The van der Waals surface area contributed by atoms with Gasteiger partial charge in [-0.25, -0.2) is 4.39 Å². The van der Waals surface area contributed by atoms with E-state index in [1.807, 2.05) is 0 Å². The molecule has 2 saturated heterocycles. The molecule has 5 heteroatoms. The van der Waals surface area contributed by atoms with Crippen LogP contribution < -0.4 is 10.1 Å². The number of ether oxygens (including phenoxy) is 1. The zero-order valence-electron chi connectivity index (χ0n) is 12.3. The Morgan fingerprint density at radius 1 is 1.33 bits per heavy atom. The van der Waals surface area contributed by atoms with Crippen molar-refractivity contribution < 1.29 is 13.9 Å². The van der Waals surface area contributed by atoms with E-state index in [1.165, 1.54) is 12.1 Å². The van der Waals surface area contributed by atoms with Crippen molar-refractivity contribution in [2.24, 2.45) is 0 Å². The van der Waals surface area contributed by atoms with Gasteiger partial charge in [0, 0.05) is 43.2 Å². The first-order valence-corrected chi connectivity index (χ1v) is 7.46. The molecule has 114 valence electrons. The number of benzene rings is 1. The highest BCUT2D eigenvalue weighted by molar-refractivity contribution is 5.79. The average molecular weight is 292 g/mol. The summed E-state index contributed by atoms with van der Waals surface area (Å²) in [6.07, 6.45) is 3.59. The molecule has 1 amide bonds. The van der Waals surface area contributed by atoms with E-state index in [4.69, 9.17) is 4.74 Å². The number of nitrogens with zero attached hydrogens (tertiary/aromatic N) is 1. The number of piperidine rings is 1. The SMILES string of the molecule is COc1cc(F)ccc1CN1CCC2(CCC(=O)N2)CC1. The smallest absolute Gasteiger partial charge is 0.220 e. The molecule has 1 aromatic carbocycles. The molecule has 4 nitrogen and oxygen atoms in total. The Kier molecular flexibility index (Phi) is 3.85. The maximum absolute atomic E-state index is 13.2. The lowest BCUT2D eigenvalue weighted by atomic mass is 9.86. The topological polar surface area (TPSA) is 41.6 Å². The van der Waals surface area contributed by atoms with Crippen LogP contribution in [0.2, 0.25) is 0 Å². The fraction of sp³-hybridized carbons (Fsp3) is 0.562. The number of likely N-dealkylation sites (tertiary alicyclic amines) is 1. The largest absolute Gasteiger partial charge is 0.496 e. The summed E-state index contributed by atoms with van der Waals surface area (Å²) in [7, 11) is 1.57. The first-order valence-electron chi connectivity index (χ1n) is 7.46. The van der Waals surface area contributed by atoms with Crippen LogP contribution in [0.4, 0.5) is 4.39 Å². The third kappa shape index (κ3) is 3.02. The number of amides is 1. The Morgan fingerprint density at radius 2 is 2.10 bits per heavy atom. The highest BCUT2D eigenvalue weighted by Crippen LogP contribution is 2.32. The molecule has 21 heavy (non-hydrogen) atoms. The molecule has 2 aliphatic rings. The normalized spacial score (nSPS) is 21.5. The highest BCUT2D eigenvalue weighted by Gasteiger charge is 2.40. The standard InChI is InChI=1S/C16H21FN2O2/c1-21-14-10-13(17)3-2-12(14)11-19-8-6-16(7-9-19)5-4-15(20)18-16/h2-3,10H,4-9,11H2,1H3,(H,18,20). The molecule has 0 atom stereocenters. The second-order valence-electron chi connectivity index (χ2n) is 6.06. The van der Waals surface area contributed by atoms with Crippen molar-refractivity contribution >= 4 is 5.91 Å². The number of hydrogen-bond donors (Lipinski definition) is 1. The van der Waals surface area contributed by atoms with Gasteiger partial charge in [-0.05, 0) is 25.3 Å². The minimum absolute atomic E-state index is 0.0282. The number of hydrogen-bond acceptors (Lipinski definition) is 3. The summed E-state index contributed by atoms with van der Waals surface area (Å²) in [5.74, 6) is 0.509. The fourth-order valence-corrected chi connectivity index (χ4v) is 3.38. The van der Waals surface area contributed by atoms with E-state index in [0.29, 0.717) is 12.2 Å². The van der Waals surface area contributed by atoms with Gasteiger partial charge in [0.15, 0.2) is 0 Å². The highest BCUT2D eigenvalue weighted by atomic mass is 19.1. The molecular weight excluding hydrogens is 271 g/mol. The van der Waals surface area contributed by atoms with Gasteiger partial charge in [-0.15, -0.1) is 0 Å². The van der Waals surface area contributed by atoms with Gasteiger partial charge in [0.25, 0.3) is 0 Å². The average Bonchev–Trinajstić information content (AvgIpc) is 2.84. The molecule has 0 radical (unpaired) electrons. The molecule has 2 aliphatic heterocycles. The molecule has 2 heterocycles. The molecule has 3 rings (SSSR count). The van der Waals surface area contributed by atoms with Crippen molar-refractivity contribution in [3.05, 3.63) is 29.6 Å². The van der Waals surface area contributed by atoms with Gasteiger partial charge in [-0.1, -0.05) is 6.07 Å². The lowest BCUT2D eigenvalue weighted by Gasteiger charge is -2.39. The molecule has 0 aliphatic carbocycles. The van der Waals surface area contributed by atoms with Crippen molar-refractivity contribution in [3.8, 4) is 5.75 Å². The van der Waals surface area contributed by atoms with Crippen LogP contribution in [0.25, 0.3) is 0 Å². The zero-order valence-corrected chi connectivity index (χ0v) is 12.3. The summed E-state index contributed by atoms with van der Waals surface area (Å²) in [5, 5.41) is 3.14. The third-order valence-corrected chi connectivity index (χ3v) is 4.69. The Bertz CT molecular complexity index is 539. The molecule has 1 spiro atoms. The van der Waals surface area contributed by atoms with Crippen molar-refractivity contribution in [1.82, 2.24) is 10.2 Å². The number of carbonyl (C=O) groups excluding carboxylic acids is 1. The van der Waals surface area contributed by atoms with Gasteiger partial charge in [0.1, 0.15) is 11.6 Å². The summed E-state index contributed by atoms with van der Waals surface area (Å²) in [6, 6.07) is 4.69. The Labute approximate surface area is 124 Å². The number of methoxy groups -OCH3 is 1. The van der Waals surface area contributed by atoms with Gasteiger partial charge in [-0.3, -0.25) is 9.69 Å². The zero-order chi connectivity index (χ0) is 14.9. The van der Waals surface area contributed by atoms with Crippen LogP contribution in [0.1, 0.15) is 31.2 Å². The number of carbonyl (C=O) groups is 1. The summed E-state index contributed by atoms with van der Waals surface area (Å²) >= 11 is 0. The van der Waals surface area contributed by atoms with Crippen molar-refractivity contribution in [2.75, 3.05) is 20.2 Å². The van der Waals surface area contributed by atoms with Crippen LogP contribution in [0.5, 0.6) is 5.75 Å². The number of nitrogens with one attached hydrogen (secondary N) is 1. The van der Waals surface area contributed by atoms with Crippen molar-refractivity contribution in [2.45, 2.75) is 37.8 Å². The molecule has 0 aromatic heterocycles. The molecule has 1 N–H and O–H groups in total. The summed E-state index contributed by atoms with van der Waals surface area (Å²) in [5.41, 5.74) is 1.03. The Morgan fingerprint density at radius 3 is 2.71 bits per heavy atom. The van der Waals surface area contributed by atoms with Crippen molar-refractivity contribution in [1.29, 1.82) is 0 Å². The number of halogens is 1. The van der Waals surface area contributed by atoms with Crippen LogP contribution in [0.15, 0.2) is 18.2 Å². The quantitative estimate of drug-likeness (QED) is 0.927. The maximum atomic E-state index is 13.2. The second-order valence-corrected chi connectivity index (χ2v) is 6.06. The first-order chi connectivity index (χ1) is 10.1. The van der Waals surface area contributed by atoms with Gasteiger partial charge >= 0.3 is 0 Å². The van der Waals surface area contributed by atoms with Crippen LogP contribution in [0, 0.1) is 5.82 Å². The third-order valence-electron chi connectivity index (χ3n) is 4.69. The molecular formula is C16H21FN2O2.